The lowest BCUT2D eigenvalue weighted by atomic mass is 10.1. The van der Waals surface area contributed by atoms with Crippen molar-refractivity contribution in [2.75, 3.05) is 5.32 Å². The van der Waals surface area contributed by atoms with Gasteiger partial charge >= 0.3 is 0 Å². The molecule has 2 aromatic carbocycles. The van der Waals surface area contributed by atoms with E-state index in [1.807, 2.05) is 68.4 Å². The molecule has 2 rings (SSSR count). The van der Waals surface area contributed by atoms with Gasteiger partial charge in [0.05, 0.1) is 0 Å². The van der Waals surface area contributed by atoms with Gasteiger partial charge in [0.15, 0.2) is 5.78 Å². The summed E-state index contributed by atoms with van der Waals surface area (Å²) in [4.78, 5) is 12.0. The number of benzene rings is 2. The van der Waals surface area contributed by atoms with Gasteiger partial charge < -0.3 is 5.32 Å². The maximum Gasteiger partial charge on any atom is 0.187 e. The first kappa shape index (κ1) is 13.1. The first-order valence-electron chi connectivity index (χ1n) is 6.26. The van der Waals surface area contributed by atoms with Crippen LogP contribution in [0.3, 0.4) is 0 Å². The van der Waals surface area contributed by atoms with Crippen LogP contribution in [0.5, 0.6) is 0 Å². The molecule has 0 aromatic heterocycles. The Morgan fingerprint density at radius 2 is 1.63 bits per heavy atom. The van der Waals surface area contributed by atoms with E-state index in [0.717, 1.165) is 16.9 Å². The van der Waals surface area contributed by atoms with Crippen molar-refractivity contribution < 1.29 is 4.79 Å². The highest BCUT2D eigenvalue weighted by atomic mass is 16.1. The lowest BCUT2D eigenvalue weighted by Gasteiger charge is -2.06. The molecule has 0 aliphatic heterocycles. The van der Waals surface area contributed by atoms with Gasteiger partial charge in [0.25, 0.3) is 0 Å². The van der Waals surface area contributed by atoms with Crippen LogP contribution in [0.15, 0.2) is 66.4 Å². The van der Waals surface area contributed by atoms with Crippen LogP contribution in [-0.2, 0) is 0 Å². The van der Waals surface area contributed by atoms with Gasteiger partial charge in [0, 0.05) is 23.0 Å². The molecule has 0 radical (unpaired) electrons. The van der Waals surface area contributed by atoms with Gasteiger partial charge in [-0.2, -0.15) is 0 Å². The fraction of sp³-hybridized carbons (Fsp3) is 0.118. The molecule has 0 aliphatic rings. The summed E-state index contributed by atoms with van der Waals surface area (Å²) in [7, 11) is 0. The topological polar surface area (TPSA) is 29.1 Å². The van der Waals surface area contributed by atoms with E-state index >= 15 is 0 Å². The molecule has 0 unspecified atom stereocenters. The van der Waals surface area contributed by atoms with E-state index in [1.54, 1.807) is 6.08 Å². The fourth-order valence-electron chi connectivity index (χ4n) is 1.78. The summed E-state index contributed by atoms with van der Waals surface area (Å²) < 4.78 is 0. The van der Waals surface area contributed by atoms with Crippen molar-refractivity contribution in [1.29, 1.82) is 0 Å². The van der Waals surface area contributed by atoms with Crippen molar-refractivity contribution in [3.05, 3.63) is 77.5 Å². The molecule has 2 nitrogen and oxygen atoms in total. The maximum absolute atomic E-state index is 12.0. The van der Waals surface area contributed by atoms with Gasteiger partial charge in [-0.25, -0.2) is 0 Å². The van der Waals surface area contributed by atoms with Crippen LogP contribution in [0.1, 0.15) is 22.8 Å². The van der Waals surface area contributed by atoms with Crippen molar-refractivity contribution in [1.82, 2.24) is 0 Å². The summed E-state index contributed by atoms with van der Waals surface area (Å²) in [6, 6.07) is 17.4. The van der Waals surface area contributed by atoms with Crippen LogP contribution in [0.4, 0.5) is 5.69 Å². The zero-order valence-electron chi connectivity index (χ0n) is 11.2. The summed E-state index contributed by atoms with van der Waals surface area (Å²) in [5, 5.41) is 3.19. The average Bonchev–Trinajstić information content (AvgIpc) is 2.40. The molecule has 0 bridgehead atoms. The number of anilines is 1. The number of rotatable bonds is 4. The number of carbonyl (C=O) groups excluding carboxylic acids is 1. The van der Waals surface area contributed by atoms with Gasteiger partial charge in [-0.05, 0) is 26.0 Å². The normalized spacial score (nSPS) is 11.2. The molecule has 2 heteroatoms. The molecule has 0 spiro atoms. The first-order valence-corrected chi connectivity index (χ1v) is 6.26. The van der Waals surface area contributed by atoms with Crippen LogP contribution in [-0.4, -0.2) is 5.78 Å². The SMILES string of the molecule is C/C(=C\C(=O)c1ccc(C)cc1)Nc1ccccc1. The van der Waals surface area contributed by atoms with E-state index in [-0.39, 0.29) is 5.78 Å². The highest BCUT2D eigenvalue weighted by Crippen LogP contribution is 2.10. The molecule has 0 saturated carbocycles. The van der Waals surface area contributed by atoms with E-state index in [4.69, 9.17) is 0 Å². The number of nitrogens with one attached hydrogen (secondary N) is 1. The molecule has 0 fully saturated rings. The number of hydrogen-bond donors (Lipinski definition) is 1. The minimum Gasteiger partial charge on any atom is -0.359 e. The summed E-state index contributed by atoms with van der Waals surface area (Å²) in [6.07, 6.45) is 1.62. The molecule has 0 heterocycles. The third-order valence-electron chi connectivity index (χ3n) is 2.80. The average molecular weight is 251 g/mol. The molecular formula is C17H17NO. The van der Waals surface area contributed by atoms with Crippen molar-refractivity contribution in [2.45, 2.75) is 13.8 Å². The van der Waals surface area contributed by atoms with Crippen LogP contribution in [0.25, 0.3) is 0 Å². The highest BCUT2D eigenvalue weighted by Gasteiger charge is 2.02. The molecule has 1 N–H and O–H groups in total. The Labute approximate surface area is 113 Å². The number of para-hydroxylation sites is 1. The van der Waals surface area contributed by atoms with Gasteiger partial charge in [-0.1, -0.05) is 48.0 Å². The van der Waals surface area contributed by atoms with Gasteiger partial charge in [0.2, 0.25) is 0 Å². The summed E-state index contributed by atoms with van der Waals surface area (Å²) in [6.45, 7) is 3.89. The Bertz CT molecular complexity index is 582. The lowest BCUT2D eigenvalue weighted by molar-refractivity contribution is 0.104. The van der Waals surface area contributed by atoms with Crippen LogP contribution >= 0.6 is 0 Å². The standard InChI is InChI=1S/C17H17NO/c1-13-8-10-15(11-9-13)17(19)12-14(2)18-16-6-4-3-5-7-16/h3-12,18H,1-2H3/b14-12+. The lowest BCUT2D eigenvalue weighted by Crippen LogP contribution is -2.01. The quantitative estimate of drug-likeness (QED) is 0.652. The monoisotopic (exact) mass is 251 g/mol. The van der Waals surface area contributed by atoms with E-state index in [1.165, 1.54) is 0 Å². The number of aryl methyl sites for hydroxylation is 1. The number of carbonyl (C=O) groups is 1. The van der Waals surface area contributed by atoms with Crippen molar-refractivity contribution in [3.63, 3.8) is 0 Å². The predicted octanol–water partition coefficient (Wildman–Crippen LogP) is 4.19. The largest absolute Gasteiger partial charge is 0.359 e. The predicted molar refractivity (Wildman–Crippen MR) is 79.3 cm³/mol. The first-order chi connectivity index (χ1) is 9.15. The van der Waals surface area contributed by atoms with Gasteiger partial charge in [-0.3, -0.25) is 4.79 Å². The van der Waals surface area contributed by atoms with E-state index < -0.39 is 0 Å². The molecule has 96 valence electrons. The third-order valence-corrected chi connectivity index (χ3v) is 2.80. The Hall–Kier alpha value is -2.35. The van der Waals surface area contributed by atoms with Gasteiger partial charge in [-0.15, -0.1) is 0 Å². The van der Waals surface area contributed by atoms with E-state index in [9.17, 15) is 4.79 Å². The Morgan fingerprint density at radius 1 is 1.00 bits per heavy atom. The molecule has 19 heavy (non-hydrogen) atoms. The number of allylic oxidation sites excluding steroid dienone is 2. The summed E-state index contributed by atoms with van der Waals surface area (Å²) in [5.74, 6) is 0.0148. The van der Waals surface area contributed by atoms with Crippen molar-refractivity contribution >= 4 is 11.5 Å². The number of ketones is 1. The van der Waals surface area contributed by atoms with Crippen molar-refractivity contribution in [3.8, 4) is 0 Å². The van der Waals surface area contributed by atoms with E-state index in [2.05, 4.69) is 5.32 Å². The Kier molecular flexibility index (Phi) is 4.14. The second-order valence-electron chi connectivity index (χ2n) is 4.55. The maximum atomic E-state index is 12.0. The Morgan fingerprint density at radius 3 is 2.26 bits per heavy atom. The minimum atomic E-state index is 0.0148. The molecule has 0 atom stereocenters. The third kappa shape index (κ3) is 3.81. The smallest absolute Gasteiger partial charge is 0.187 e. The second kappa shape index (κ2) is 6.01. The molecule has 0 amide bonds. The van der Waals surface area contributed by atoms with Crippen molar-refractivity contribution in [2.24, 2.45) is 0 Å². The van der Waals surface area contributed by atoms with Crippen LogP contribution < -0.4 is 5.32 Å². The molecule has 2 aromatic rings. The highest BCUT2D eigenvalue weighted by molar-refractivity contribution is 6.05. The summed E-state index contributed by atoms with van der Waals surface area (Å²) >= 11 is 0. The molecular weight excluding hydrogens is 234 g/mol. The zero-order chi connectivity index (χ0) is 13.7. The summed E-state index contributed by atoms with van der Waals surface area (Å²) in [5.41, 5.74) is 3.67. The van der Waals surface area contributed by atoms with E-state index in [0.29, 0.717) is 5.56 Å². The number of hydrogen-bond acceptors (Lipinski definition) is 2. The fourth-order valence-corrected chi connectivity index (χ4v) is 1.78. The van der Waals surface area contributed by atoms with Gasteiger partial charge in [0.1, 0.15) is 0 Å². The van der Waals surface area contributed by atoms with Crippen LogP contribution in [0, 0.1) is 6.92 Å². The Balaban J connectivity index is 2.08. The minimum absolute atomic E-state index is 0.0148. The molecule has 0 aliphatic carbocycles. The molecule has 0 saturated heterocycles. The van der Waals surface area contributed by atoms with Crippen LogP contribution in [0.2, 0.25) is 0 Å². The zero-order valence-corrected chi connectivity index (χ0v) is 11.2. The second-order valence-corrected chi connectivity index (χ2v) is 4.55.